The van der Waals surface area contributed by atoms with E-state index in [-0.39, 0.29) is 5.91 Å². The molecule has 19 heavy (non-hydrogen) atoms. The fraction of sp³-hybridized carbons (Fsp3) is 0.308. The number of hydrogen-bond donors (Lipinski definition) is 2. The maximum absolute atomic E-state index is 11.8. The summed E-state index contributed by atoms with van der Waals surface area (Å²) in [4.78, 5) is 15.9. The molecule has 1 amide bonds. The molecule has 1 aromatic heterocycles. The molecule has 0 spiro atoms. The van der Waals surface area contributed by atoms with Crippen LogP contribution >= 0.6 is 0 Å². The monoisotopic (exact) mass is 260 g/mol. The minimum atomic E-state index is -0.121. The van der Waals surface area contributed by atoms with Gasteiger partial charge in [0.25, 0.3) is 5.91 Å². The van der Waals surface area contributed by atoms with Gasteiger partial charge in [0.2, 0.25) is 5.89 Å². The quantitative estimate of drug-likeness (QED) is 0.829. The van der Waals surface area contributed by atoms with Crippen LogP contribution in [0.5, 0.6) is 0 Å². The molecule has 0 unspecified atom stereocenters. The van der Waals surface area contributed by atoms with E-state index in [1.54, 1.807) is 19.1 Å². The molecule has 0 bridgehead atoms. The van der Waals surface area contributed by atoms with Crippen molar-refractivity contribution in [3.63, 3.8) is 0 Å². The summed E-state index contributed by atoms with van der Waals surface area (Å²) in [5.74, 6) is 0.999. The molecule has 100 valence electrons. The number of nitrogens with zero attached hydrogens (tertiary/aromatic N) is 2. The molecule has 0 radical (unpaired) electrons. The van der Waals surface area contributed by atoms with E-state index in [2.05, 4.69) is 15.5 Å². The Hall–Kier alpha value is -2.21. The number of hydrogen-bond acceptors (Lipinski definition) is 5. The van der Waals surface area contributed by atoms with Crippen LogP contribution in [0.3, 0.4) is 0 Å². The summed E-state index contributed by atoms with van der Waals surface area (Å²) in [6.07, 6.45) is 0.546. The van der Waals surface area contributed by atoms with Gasteiger partial charge in [-0.1, -0.05) is 17.3 Å². The predicted octanol–water partition coefficient (Wildman–Crippen LogP) is 0.809. The average Bonchev–Trinajstić information content (AvgIpc) is 2.84. The lowest BCUT2D eigenvalue weighted by Gasteiger charge is -2.04. The molecule has 2 rings (SSSR count). The second-order valence-corrected chi connectivity index (χ2v) is 4.14. The van der Waals surface area contributed by atoms with Gasteiger partial charge in [-0.25, -0.2) is 0 Å². The number of aryl methyl sites for hydroxylation is 1. The lowest BCUT2D eigenvalue weighted by atomic mass is 10.1. The SMILES string of the molecule is Cc1nc(CCNC(=O)c2ccc(CN)cc2)no1. The van der Waals surface area contributed by atoms with Gasteiger partial charge in [-0.15, -0.1) is 0 Å². The van der Waals surface area contributed by atoms with Gasteiger partial charge in [0.05, 0.1) is 0 Å². The summed E-state index contributed by atoms with van der Waals surface area (Å²) in [6, 6.07) is 7.21. The van der Waals surface area contributed by atoms with E-state index >= 15 is 0 Å². The number of benzene rings is 1. The van der Waals surface area contributed by atoms with E-state index in [0.717, 1.165) is 5.56 Å². The molecule has 0 saturated carbocycles. The standard InChI is InChI=1S/C13H16N4O2/c1-9-16-12(17-19-9)6-7-15-13(18)11-4-2-10(8-14)3-5-11/h2-5H,6-8,14H2,1H3,(H,15,18). The molecule has 0 aliphatic heterocycles. The lowest BCUT2D eigenvalue weighted by molar-refractivity contribution is 0.0954. The highest BCUT2D eigenvalue weighted by atomic mass is 16.5. The first kappa shape index (κ1) is 13.2. The second kappa shape index (κ2) is 6.10. The van der Waals surface area contributed by atoms with Gasteiger partial charge in [0.1, 0.15) is 0 Å². The fourth-order valence-electron chi connectivity index (χ4n) is 1.62. The van der Waals surface area contributed by atoms with Crippen molar-refractivity contribution in [2.75, 3.05) is 6.54 Å². The molecule has 2 aromatic rings. The van der Waals surface area contributed by atoms with Crippen molar-refractivity contribution in [1.82, 2.24) is 15.5 Å². The number of nitrogens with two attached hydrogens (primary N) is 1. The number of nitrogens with one attached hydrogen (secondary N) is 1. The Morgan fingerprint density at radius 1 is 1.37 bits per heavy atom. The number of carbonyl (C=O) groups excluding carboxylic acids is 1. The molecule has 1 aromatic carbocycles. The Kier molecular flexibility index (Phi) is 4.25. The summed E-state index contributed by atoms with van der Waals surface area (Å²) in [7, 11) is 0. The van der Waals surface area contributed by atoms with Gasteiger partial charge >= 0.3 is 0 Å². The molecule has 0 saturated heterocycles. The van der Waals surface area contributed by atoms with Crippen molar-refractivity contribution < 1.29 is 9.32 Å². The van der Waals surface area contributed by atoms with Crippen LogP contribution in [0.25, 0.3) is 0 Å². The number of amides is 1. The largest absolute Gasteiger partial charge is 0.352 e. The van der Waals surface area contributed by atoms with Crippen LogP contribution in [-0.2, 0) is 13.0 Å². The Morgan fingerprint density at radius 3 is 2.68 bits per heavy atom. The third-order valence-electron chi connectivity index (χ3n) is 2.66. The zero-order valence-corrected chi connectivity index (χ0v) is 10.7. The van der Waals surface area contributed by atoms with Crippen LogP contribution in [-0.4, -0.2) is 22.6 Å². The Morgan fingerprint density at radius 2 is 2.11 bits per heavy atom. The van der Waals surface area contributed by atoms with Crippen molar-refractivity contribution in [3.05, 3.63) is 47.1 Å². The van der Waals surface area contributed by atoms with E-state index in [0.29, 0.717) is 36.8 Å². The first-order valence-corrected chi connectivity index (χ1v) is 6.05. The molecule has 0 fully saturated rings. The van der Waals surface area contributed by atoms with Crippen LogP contribution in [0, 0.1) is 6.92 Å². The number of carbonyl (C=O) groups is 1. The molecule has 6 heteroatoms. The smallest absolute Gasteiger partial charge is 0.251 e. The summed E-state index contributed by atoms with van der Waals surface area (Å²) < 4.78 is 4.85. The van der Waals surface area contributed by atoms with Crippen molar-refractivity contribution in [3.8, 4) is 0 Å². The summed E-state index contributed by atoms with van der Waals surface area (Å²) in [5.41, 5.74) is 7.11. The van der Waals surface area contributed by atoms with Crippen molar-refractivity contribution in [2.45, 2.75) is 19.9 Å². The predicted molar refractivity (Wildman–Crippen MR) is 69.4 cm³/mol. The van der Waals surface area contributed by atoms with Crippen molar-refractivity contribution in [2.24, 2.45) is 5.73 Å². The van der Waals surface area contributed by atoms with Gasteiger partial charge < -0.3 is 15.6 Å². The van der Waals surface area contributed by atoms with Gasteiger partial charge in [0.15, 0.2) is 5.82 Å². The third-order valence-corrected chi connectivity index (χ3v) is 2.66. The first-order valence-electron chi connectivity index (χ1n) is 6.05. The minimum Gasteiger partial charge on any atom is -0.352 e. The van der Waals surface area contributed by atoms with E-state index in [1.165, 1.54) is 0 Å². The highest BCUT2D eigenvalue weighted by Crippen LogP contribution is 2.03. The lowest BCUT2D eigenvalue weighted by Crippen LogP contribution is -2.25. The van der Waals surface area contributed by atoms with Crippen molar-refractivity contribution in [1.29, 1.82) is 0 Å². The fourth-order valence-corrected chi connectivity index (χ4v) is 1.62. The van der Waals surface area contributed by atoms with E-state index < -0.39 is 0 Å². The highest BCUT2D eigenvalue weighted by molar-refractivity contribution is 5.94. The summed E-state index contributed by atoms with van der Waals surface area (Å²) in [6.45, 7) is 2.67. The maximum atomic E-state index is 11.8. The van der Waals surface area contributed by atoms with Gasteiger partial charge in [-0.2, -0.15) is 4.98 Å². The molecule has 3 N–H and O–H groups in total. The molecule has 6 nitrogen and oxygen atoms in total. The topological polar surface area (TPSA) is 94.0 Å². The average molecular weight is 260 g/mol. The maximum Gasteiger partial charge on any atom is 0.251 e. The summed E-state index contributed by atoms with van der Waals surface area (Å²) >= 11 is 0. The molecule has 1 heterocycles. The van der Waals surface area contributed by atoms with E-state index in [4.69, 9.17) is 10.3 Å². The second-order valence-electron chi connectivity index (χ2n) is 4.14. The van der Waals surface area contributed by atoms with Crippen LogP contribution < -0.4 is 11.1 Å². The van der Waals surface area contributed by atoms with Crippen LogP contribution in [0.2, 0.25) is 0 Å². The molecule has 0 aliphatic carbocycles. The van der Waals surface area contributed by atoms with Gasteiger partial charge in [-0.05, 0) is 17.7 Å². The van der Waals surface area contributed by atoms with Gasteiger partial charge in [-0.3, -0.25) is 4.79 Å². The van der Waals surface area contributed by atoms with Crippen LogP contribution in [0.4, 0.5) is 0 Å². The molecular formula is C13H16N4O2. The van der Waals surface area contributed by atoms with E-state index in [9.17, 15) is 4.79 Å². The zero-order valence-electron chi connectivity index (χ0n) is 10.7. The highest BCUT2D eigenvalue weighted by Gasteiger charge is 2.06. The molecular weight excluding hydrogens is 244 g/mol. The Bertz CT molecular complexity index is 548. The van der Waals surface area contributed by atoms with Gasteiger partial charge in [0, 0.05) is 32.0 Å². The Labute approximate surface area is 111 Å². The molecule has 0 aliphatic rings. The first-order chi connectivity index (χ1) is 9.19. The minimum absolute atomic E-state index is 0.121. The van der Waals surface area contributed by atoms with Crippen LogP contribution in [0.15, 0.2) is 28.8 Å². The number of aromatic nitrogens is 2. The third kappa shape index (κ3) is 3.62. The number of rotatable bonds is 5. The molecule has 0 atom stereocenters. The van der Waals surface area contributed by atoms with Crippen LogP contribution in [0.1, 0.15) is 27.6 Å². The van der Waals surface area contributed by atoms with E-state index in [1.807, 2.05) is 12.1 Å². The zero-order chi connectivity index (χ0) is 13.7. The summed E-state index contributed by atoms with van der Waals surface area (Å²) in [5, 5.41) is 6.56. The normalized spacial score (nSPS) is 10.4. The Balaban J connectivity index is 1.83. The van der Waals surface area contributed by atoms with Crippen molar-refractivity contribution >= 4 is 5.91 Å².